The first kappa shape index (κ1) is 34.8. The molecule has 0 aromatic heterocycles. The number of hydrogen-bond acceptors (Lipinski definition) is 10. The zero-order valence-electron chi connectivity index (χ0n) is 15.7. The number of carbonyl (C=O) groups is 3. The van der Waals surface area contributed by atoms with Crippen molar-refractivity contribution < 1.29 is 45.0 Å². The Bertz CT molecular complexity index is 311. The Morgan fingerprint density at radius 2 is 0.786 bits per heavy atom. The third kappa shape index (κ3) is 49.9. The molecule has 0 atom stereocenters. The summed E-state index contributed by atoms with van der Waals surface area (Å²) in [5, 5.41) is 49.0. The van der Waals surface area contributed by atoms with E-state index in [-0.39, 0.29) is 39.1 Å². The predicted octanol–water partition coefficient (Wildman–Crippen LogP) is -0.562. The summed E-state index contributed by atoms with van der Waals surface area (Å²) in [6.45, 7) is 1.75. The van der Waals surface area contributed by atoms with E-state index in [1.165, 1.54) is 0 Å². The van der Waals surface area contributed by atoms with E-state index in [0.29, 0.717) is 36.9 Å². The third-order valence-electron chi connectivity index (χ3n) is 2.23. The van der Waals surface area contributed by atoms with Crippen molar-refractivity contribution in [2.45, 2.75) is 19.3 Å². The van der Waals surface area contributed by atoms with Crippen LogP contribution in [0.2, 0.25) is 0 Å². The lowest BCUT2D eigenvalue weighted by atomic mass is 10.4. The molecule has 0 aliphatic heterocycles. The number of nitrogens with zero attached hydrogens (tertiary/aromatic N) is 1. The second-order valence-electron chi connectivity index (χ2n) is 4.61. The second-order valence-corrected chi connectivity index (χ2v) is 5.96. The van der Waals surface area contributed by atoms with E-state index in [1.54, 1.807) is 4.90 Å². The van der Waals surface area contributed by atoms with Crippen LogP contribution in [0.3, 0.4) is 0 Å². The topological polar surface area (TPSA) is 176 Å². The highest BCUT2D eigenvalue weighted by Crippen LogP contribution is 1.84. The molecule has 0 saturated heterocycles. The summed E-state index contributed by atoms with van der Waals surface area (Å²) >= 11 is 11.0. The van der Waals surface area contributed by atoms with Gasteiger partial charge >= 0.3 is 17.9 Å². The Morgan fingerprint density at radius 3 is 0.857 bits per heavy atom. The van der Waals surface area contributed by atoms with Crippen LogP contribution >= 0.6 is 37.9 Å². The molecule has 170 valence electrons. The largest absolute Gasteiger partial charge is 0.481 e. The van der Waals surface area contributed by atoms with Crippen LogP contribution in [0, 0.1) is 0 Å². The summed E-state index contributed by atoms with van der Waals surface area (Å²) in [7, 11) is 0. The van der Waals surface area contributed by atoms with E-state index in [9.17, 15) is 14.4 Å². The maximum absolute atomic E-state index is 9.55. The van der Waals surface area contributed by atoms with Crippen molar-refractivity contribution in [1.29, 1.82) is 0 Å². The summed E-state index contributed by atoms with van der Waals surface area (Å²) < 4.78 is 0. The van der Waals surface area contributed by atoms with Crippen LogP contribution in [0.25, 0.3) is 0 Å². The van der Waals surface area contributed by atoms with Gasteiger partial charge in [-0.05, 0) is 0 Å². The first-order chi connectivity index (χ1) is 13.2. The molecule has 0 rings (SSSR count). The number of rotatable bonds is 12. The number of aliphatic carboxylic acids is 3. The van der Waals surface area contributed by atoms with E-state index in [2.05, 4.69) is 37.9 Å². The van der Waals surface area contributed by atoms with Gasteiger partial charge in [0.1, 0.15) is 0 Å². The molecule has 0 radical (unpaired) electrons. The first-order valence-corrected chi connectivity index (χ1v) is 10.1. The Hall–Kier alpha value is -0.700. The number of aliphatic hydroxyl groups excluding tert-OH is 3. The third-order valence-corrected chi connectivity index (χ3v) is 2.90. The molecule has 28 heavy (non-hydrogen) atoms. The van der Waals surface area contributed by atoms with Gasteiger partial charge in [0, 0.05) is 36.9 Å². The van der Waals surface area contributed by atoms with Gasteiger partial charge in [0.15, 0.2) is 0 Å². The van der Waals surface area contributed by atoms with Gasteiger partial charge < -0.3 is 30.6 Å². The zero-order valence-corrected chi connectivity index (χ0v) is 18.4. The van der Waals surface area contributed by atoms with Crippen molar-refractivity contribution in [3.8, 4) is 0 Å². The average molecular weight is 468 g/mol. The van der Waals surface area contributed by atoms with Gasteiger partial charge in [-0.2, -0.15) is 37.9 Å². The molecule has 0 aliphatic rings. The van der Waals surface area contributed by atoms with Crippen LogP contribution in [0.1, 0.15) is 19.3 Å². The zero-order chi connectivity index (χ0) is 22.8. The maximum Gasteiger partial charge on any atom is 0.304 e. The highest BCUT2D eigenvalue weighted by atomic mass is 32.1. The molecule has 0 unspecified atom stereocenters. The molecule has 10 nitrogen and oxygen atoms in total. The highest BCUT2D eigenvalue weighted by Gasteiger charge is 2.00. The molecule has 0 saturated carbocycles. The standard InChI is InChI=1S/C6H15NO3.3C3H6O2S/c8-4-1-7(2-5-9)3-6-10;3*4-3(5)1-2-6/h8-10H,1-6H2;3*6H,1-2H2,(H,4,5). The van der Waals surface area contributed by atoms with E-state index in [0.717, 1.165) is 0 Å². The van der Waals surface area contributed by atoms with Crippen molar-refractivity contribution in [3.05, 3.63) is 0 Å². The normalized spacial score (nSPS) is 9.11. The Kier molecular flexibility index (Phi) is 38.5. The minimum absolute atomic E-state index is 0.0694. The van der Waals surface area contributed by atoms with Crippen molar-refractivity contribution in [2.24, 2.45) is 0 Å². The summed E-state index contributed by atoms with van der Waals surface area (Å²) in [6, 6.07) is 0. The summed E-state index contributed by atoms with van der Waals surface area (Å²) in [4.78, 5) is 30.4. The molecule has 0 bridgehead atoms. The van der Waals surface area contributed by atoms with Crippen LogP contribution in [0.15, 0.2) is 0 Å². The van der Waals surface area contributed by atoms with Gasteiger partial charge in [-0.1, -0.05) is 0 Å². The Balaban J connectivity index is -0.000000142. The van der Waals surface area contributed by atoms with Gasteiger partial charge in [-0.3, -0.25) is 19.3 Å². The molecule has 0 heterocycles. The molecule has 0 aromatic rings. The molecule has 0 aromatic carbocycles. The smallest absolute Gasteiger partial charge is 0.304 e. The second kappa shape index (κ2) is 31.0. The lowest BCUT2D eigenvalue weighted by Crippen LogP contribution is -2.32. The van der Waals surface area contributed by atoms with Gasteiger partial charge in [0.25, 0.3) is 0 Å². The first-order valence-electron chi connectivity index (χ1n) is 8.19. The van der Waals surface area contributed by atoms with E-state index >= 15 is 0 Å². The number of aliphatic hydroxyl groups is 3. The van der Waals surface area contributed by atoms with Crippen molar-refractivity contribution >= 4 is 55.8 Å². The molecular formula is C15H33NO9S3. The summed E-state index contributed by atoms with van der Waals surface area (Å²) in [5.41, 5.74) is 0. The fourth-order valence-electron chi connectivity index (χ4n) is 1.05. The van der Waals surface area contributed by atoms with E-state index < -0.39 is 17.9 Å². The van der Waals surface area contributed by atoms with Crippen LogP contribution in [0.5, 0.6) is 0 Å². The van der Waals surface area contributed by atoms with Crippen LogP contribution in [-0.2, 0) is 14.4 Å². The van der Waals surface area contributed by atoms with E-state index in [1.807, 2.05) is 0 Å². The number of carboxylic acid groups (broad SMARTS) is 3. The lowest BCUT2D eigenvalue weighted by Gasteiger charge is -2.17. The van der Waals surface area contributed by atoms with Crippen LogP contribution < -0.4 is 0 Å². The quantitative estimate of drug-likeness (QED) is 0.169. The number of hydrogen-bond donors (Lipinski definition) is 9. The summed E-state index contributed by atoms with van der Waals surface area (Å²) in [5.74, 6) is -1.08. The lowest BCUT2D eigenvalue weighted by molar-refractivity contribution is -0.137. The molecule has 0 fully saturated rings. The fourth-order valence-corrected chi connectivity index (χ4v) is 1.62. The number of carboxylic acids is 3. The summed E-state index contributed by atoms with van der Waals surface area (Å²) in [6.07, 6.45) is 0.468. The maximum atomic E-state index is 9.55. The van der Waals surface area contributed by atoms with Gasteiger partial charge in [0.2, 0.25) is 0 Å². The highest BCUT2D eigenvalue weighted by molar-refractivity contribution is 7.80. The molecule has 0 amide bonds. The predicted molar refractivity (Wildman–Crippen MR) is 116 cm³/mol. The van der Waals surface area contributed by atoms with Crippen LogP contribution in [0.4, 0.5) is 0 Å². The SMILES string of the molecule is O=C(O)CCS.O=C(O)CCS.O=C(O)CCS.OCCN(CCO)CCO. The Labute approximate surface area is 181 Å². The van der Waals surface area contributed by atoms with Crippen molar-refractivity contribution in [3.63, 3.8) is 0 Å². The molecule has 0 spiro atoms. The van der Waals surface area contributed by atoms with Crippen LogP contribution in [-0.4, -0.2) is 110 Å². The molecule has 13 heteroatoms. The minimum Gasteiger partial charge on any atom is -0.481 e. The monoisotopic (exact) mass is 467 g/mol. The fraction of sp³-hybridized carbons (Fsp3) is 0.800. The van der Waals surface area contributed by atoms with Crippen molar-refractivity contribution in [2.75, 3.05) is 56.7 Å². The van der Waals surface area contributed by atoms with Crippen molar-refractivity contribution in [1.82, 2.24) is 4.90 Å². The van der Waals surface area contributed by atoms with Gasteiger partial charge in [-0.25, -0.2) is 0 Å². The Morgan fingerprint density at radius 1 is 0.571 bits per heavy atom. The minimum atomic E-state index is -0.787. The average Bonchev–Trinajstić information content (AvgIpc) is 2.57. The molecule has 0 aliphatic carbocycles. The molecular weight excluding hydrogens is 434 g/mol. The number of thiol groups is 3. The van der Waals surface area contributed by atoms with Gasteiger partial charge in [-0.15, -0.1) is 0 Å². The molecule has 6 N–H and O–H groups in total. The van der Waals surface area contributed by atoms with Gasteiger partial charge in [0.05, 0.1) is 39.1 Å². The van der Waals surface area contributed by atoms with E-state index in [4.69, 9.17) is 30.6 Å².